The highest BCUT2D eigenvalue weighted by Crippen LogP contribution is 2.16. The molecule has 0 radical (unpaired) electrons. The molecule has 6 heteroatoms. The molecule has 110 valence electrons. The summed E-state index contributed by atoms with van der Waals surface area (Å²) in [6.07, 6.45) is 1.97. The quantitative estimate of drug-likeness (QED) is 0.780. The molecule has 0 unspecified atom stereocenters. The van der Waals surface area contributed by atoms with E-state index in [4.69, 9.17) is 5.26 Å². The van der Waals surface area contributed by atoms with Gasteiger partial charge < -0.3 is 5.32 Å². The van der Waals surface area contributed by atoms with Gasteiger partial charge in [-0.3, -0.25) is 0 Å². The maximum atomic E-state index is 11.4. The molecule has 1 rings (SSSR count). The van der Waals surface area contributed by atoms with E-state index < -0.39 is 10.0 Å². The van der Waals surface area contributed by atoms with E-state index >= 15 is 0 Å². The molecule has 0 bridgehead atoms. The molecular weight excluding hydrogens is 274 g/mol. The van der Waals surface area contributed by atoms with Crippen LogP contribution in [-0.2, 0) is 10.0 Å². The number of nitrogens with one attached hydrogen (secondary N) is 1. The average Bonchev–Trinajstić information content (AvgIpc) is 2.38. The van der Waals surface area contributed by atoms with Gasteiger partial charge in [0.2, 0.25) is 10.0 Å². The second-order valence-corrected chi connectivity index (χ2v) is 6.66. The van der Waals surface area contributed by atoms with Crippen LogP contribution in [0, 0.1) is 18.3 Å². The zero-order valence-electron chi connectivity index (χ0n) is 12.2. The Kier molecular flexibility index (Phi) is 5.99. The Morgan fingerprint density at radius 3 is 2.60 bits per heavy atom. The first-order valence-electron chi connectivity index (χ1n) is 6.58. The zero-order valence-corrected chi connectivity index (χ0v) is 13.0. The Bertz CT molecular complexity index is 591. The molecule has 0 saturated heterocycles. The van der Waals surface area contributed by atoms with Gasteiger partial charge in [0.1, 0.15) is 0 Å². The third-order valence-corrected chi connectivity index (χ3v) is 4.46. The summed E-state index contributed by atoms with van der Waals surface area (Å²) < 4.78 is 24.3. The van der Waals surface area contributed by atoms with Crippen LogP contribution >= 0.6 is 0 Å². The maximum absolute atomic E-state index is 11.4. The Labute approximate surface area is 121 Å². The normalized spacial score (nSPS) is 11.3. The summed E-state index contributed by atoms with van der Waals surface area (Å²) in [4.78, 5) is 0. The summed E-state index contributed by atoms with van der Waals surface area (Å²) in [5, 5.41) is 12.1. The lowest BCUT2D eigenvalue weighted by molar-refractivity contribution is 0.429. The lowest BCUT2D eigenvalue weighted by atomic mass is 10.1. The van der Waals surface area contributed by atoms with Gasteiger partial charge in [-0.15, -0.1) is 0 Å². The smallest absolute Gasteiger partial charge is 0.211 e. The van der Waals surface area contributed by atoms with Crippen LogP contribution in [0.15, 0.2) is 18.2 Å². The van der Waals surface area contributed by atoms with Gasteiger partial charge in [-0.25, -0.2) is 12.7 Å². The predicted molar refractivity (Wildman–Crippen MR) is 81.1 cm³/mol. The number of hydrogen-bond donors (Lipinski definition) is 1. The molecule has 1 aromatic rings. The SMILES string of the molecule is CCN(CCCNc1ccc(C#N)cc1C)S(C)(=O)=O. The van der Waals surface area contributed by atoms with Crippen LogP contribution in [0.2, 0.25) is 0 Å². The molecule has 1 aromatic carbocycles. The predicted octanol–water partition coefficient (Wildman–Crippen LogP) is 1.95. The van der Waals surface area contributed by atoms with Crippen molar-refractivity contribution in [2.45, 2.75) is 20.3 Å². The van der Waals surface area contributed by atoms with Crippen molar-refractivity contribution in [3.63, 3.8) is 0 Å². The van der Waals surface area contributed by atoms with Crippen molar-refractivity contribution in [1.82, 2.24) is 4.31 Å². The van der Waals surface area contributed by atoms with Crippen molar-refractivity contribution in [3.8, 4) is 6.07 Å². The first-order chi connectivity index (χ1) is 9.38. The summed E-state index contributed by atoms with van der Waals surface area (Å²) in [6.45, 7) is 5.47. The minimum Gasteiger partial charge on any atom is -0.385 e. The molecule has 20 heavy (non-hydrogen) atoms. The average molecular weight is 295 g/mol. The van der Waals surface area contributed by atoms with Gasteiger partial charge in [-0.05, 0) is 37.1 Å². The molecule has 0 fully saturated rings. The maximum Gasteiger partial charge on any atom is 0.211 e. The molecular formula is C14H21N3O2S. The van der Waals surface area contributed by atoms with Crippen molar-refractivity contribution in [1.29, 1.82) is 5.26 Å². The fraction of sp³-hybridized carbons (Fsp3) is 0.500. The monoisotopic (exact) mass is 295 g/mol. The summed E-state index contributed by atoms with van der Waals surface area (Å²) >= 11 is 0. The number of anilines is 1. The summed E-state index contributed by atoms with van der Waals surface area (Å²) in [5.41, 5.74) is 2.63. The standard InChI is InChI=1S/C14H21N3O2S/c1-4-17(20(3,18)19)9-5-8-16-14-7-6-13(11-15)10-12(14)2/h6-7,10,16H,4-5,8-9H2,1-3H3. The minimum absolute atomic E-state index is 0.495. The minimum atomic E-state index is -3.11. The Morgan fingerprint density at radius 2 is 2.10 bits per heavy atom. The first kappa shape index (κ1) is 16.5. The van der Waals surface area contributed by atoms with E-state index in [1.807, 2.05) is 26.0 Å². The van der Waals surface area contributed by atoms with Gasteiger partial charge in [0.05, 0.1) is 17.9 Å². The molecule has 0 amide bonds. The number of sulfonamides is 1. The Hall–Kier alpha value is -1.58. The highest BCUT2D eigenvalue weighted by Gasteiger charge is 2.13. The van der Waals surface area contributed by atoms with Gasteiger partial charge in [-0.1, -0.05) is 6.92 Å². The molecule has 1 N–H and O–H groups in total. The lowest BCUT2D eigenvalue weighted by Gasteiger charge is -2.18. The largest absolute Gasteiger partial charge is 0.385 e. The number of nitriles is 1. The van der Waals surface area contributed by atoms with Gasteiger partial charge in [0.25, 0.3) is 0 Å². The molecule has 0 aliphatic carbocycles. The fourth-order valence-electron chi connectivity index (χ4n) is 1.97. The van der Waals surface area contributed by atoms with Crippen molar-refractivity contribution >= 4 is 15.7 Å². The third-order valence-electron chi connectivity index (χ3n) is 3.08. The third kappa shape index (κ3) is 4.83. The number of aryl methyl sites for hydroxylation is 1. The molecule has 0 aliphatic heterocycles. The van der Waals surface area contributed by atoms with E-state index in [1.54, 1.807) is 6.07 Å². The summed E-state index contributed by atoms with van der Waals surface area (Å²) in [6, 6.07) is 7.58. The topological polar surface area (TPSA) is 73.2 Å². The molecule has 0 aromatic heterocycles. The van der Waals surface area contributed by atoms with Gasteiger partial charge in [0, 0.05) is 25.3 Å². The van der Waals surface area contributed by atoms with E-state index in [9.17, 15) is 8.42 Å². The van der Waals surface area contributed by atoms with Crippen LogP contribution in [0.4, 0.5) is 5.69 Å². The van der Waals surface area contributed by atoms with Crippen LogP contribution in [0.25, 0.3) is 0 Å². The number of nitrogens with zero attached hydrogens (tertiary/aromatic N) is 2. The first-order valence-corrected chi connectivity index (χ1v) is 8.43. The molecule has 0 atom stereocenters. The highest BCUT2D eigenvalue weighted by atomic mass is 32.2. The second-order valence-electron chi connectivity index (χ2n) is 4.68. The van der Waals surface area contributed by atoms with E-state index in [2.05, 4.69) is 11.4 Å². The van der Waals surface area contributed by atoms with Crippen molar-refractivity contribution < 1.29 is 8.42 Å². The number of rotatable bonds is 7. The molecule has 0 saturated carbocycles. The second kappa shape index (κ2) is 7.27. The summed E-state index contributed by atoms with van der Waals surface area (Å²) in [7, 11) is -3.11. The van der Waals surface area contributed by atoms with Crippen molar-refractivity contribution in [2.75, 3.05) is 31.2 Å². The van der Waals surface area contributed by atoms with Crippen molar-refractivity contribution in [3.05, 3.63) is 29.3 Å². The van der Waals surface area contributed by atoms with E-state index in [-0.39, 0.29) is 0 Å². The van der Waals surface area contributed by atoms with Crippen LogP contribution < -0.4 is 5.32 Å². The van der Waals surface area contributed by atoms with E-state index in [0.29, 0.717) is 25.2 Å². The van der Waals surface area contributed by atoms with Crippen LogP contribution in [0.1, 0.15) is 24.5 Å². The van der Waals surface area contributed by atoms with Gasteiger partial charge in [0.15, 0.2) is 0 Å². The van der Waals surface area contributed by atoms with E-state index in [0.717, 1.165) is 17.7 Å². The van der Waals surface area contributed by atoms with Crippen LogP contribution in [0.5, 0.6) is 0 Å². The van der Waals surface area contributed by atoms with E-state index in [1.165, 1.54) is 10.6 Å². The van der Waals surface area contributed by atoms with Crippen LogP contribution in [-0.4, -0.2) is 38.6 Å². The molecule has 0 spiro atoms. The lowest BCUT2D eigenvalue weighted by Crippen LogP contribution is -2.31. The zero-order chi connectivity index (χ0) is 15.2. The van der Waals surface area contributed by atoms with Gasteiger partial charge >= 0.3 is 0 Å². The fourth-order valence-corrected chi connectivity index (χ4v) is 2.90. The Morgan fingerprint density at radius 1 is 1.40 bits per heavy atom. The van der Waals surface area contributed by atoms with Gasteiger partial charge in [-0.2, -0.15) is 5.26 Å². The van der Waals surface area contributed by atoms with Crippen molar-refractivity contribution in [2.24, 2.45) is 0 Å². The molecule has 5 nitrogen and oxygen atoms in total. The summed E-state index contributed by atoms with van der Waals surface area (Å²) in [5.74, 6) is 0. The van der Waals surface area contributed by atoms with Crippen LogP contribution in [0.3, 0.4) is 0 Å². The molecule has 0 heterocycles. The highest BCUT2D eigenvalue weighted by molar-refractivity contribution is 7.88. The number of hydrogen-bond acceptors (Lipinski definition) is 4. The molecule has 0 aliphatic rings. The Balaban J connectivity index is 2.48. The number of benzene rings is 1.